The summed E-state index contributed by atoms with van der Waals surface area (Å²) in [5.74, 6) is -0.906. The molecule has 0 radical (unpaired) electrons. The molecule has 0 bridgehead atoms. The van der Waals surface area contributed by atoms with E-state index in [2.05, 4.69) is 4.72 Å². The minimum Gasteiger partial charge on any atom is -0.490 e. The van der Waals surface area contributed by atoms with Gasteiger partial charge in [0.15, 0.2) is 0 Å². The van der Waals surface area contributed by atoms with Crippen molar-refractivity contribution >= 4 is 27.6 Å². The Labute approximate surface area is 157 Å². The highest BCUT2D eigenvalue weighted by molar-refractivity contribution is 7.92. The highest BCUT2D eigenvalue weighted by atomic mass is 32.2. The molecule has 1 aromatic rings. The monoisotopic (exact) mass is 398 g/mol. The van der Waals surface area contributed by atoms with Gasteiger partial charge >= 0.3 is 5.97 Å². The Hall–Kier alpha value is -2.33. The highest BCUT2D eigenvalue weighted by Gasteiger charge is 2.39. The number of aliphatic carboxylic acids is 1. The van der Waals surface area contributed by atoms with Gasteiger partial charge in [0.1, 0.15) is 18.5 Å². The molecule has 2 N–H and O–H groups in total. The Balaban J connectivity index is 1.86. The summed E-state index contributed by atoms with van der Waals surface area (Å²) in [4.78, 5) is 25.4. The van der Waals surface area contributed by atoms with E-state index in [0.29, 0.717) is 18.6 Å². The third-order valence-electron chi connectivity index (χ3n) is 4.72. The number of carbonyl (C=O) groups excluding carboxylic acids is 1. The van der Waals surface area contributed by atoms with Gasteiger partial charge in [-0.2, -0.15) is 0 Å². The first-order valence-corrected chi connectivity index (χ1v) is 10.4. The van der Waals surface area contributed by atoms with E-state index in [-0.39, 0.29) is 36.2 Å². The molecule has 0 aromatic heterocycles. The van der Waals surface area contributed by atoms with Crippen molar-refractivity contribution in [1.82, 2.24) is 4.90 Å². The molecule has 2 aliphatic heterocycles. The highest BCUT2D eigenvalue weighted by Crippen LogP contribution is 2.32. The average molecular weight is 398 g/mol. The maximum Gasteiger partial charge on any atom is 0.305 e. The lowest BCUT2D eigenvalue weighted by atomic mass is 9.95. The number of likely N-dealkylation sites (N-methyl/N-ethyl adjacent to an activating group) is 1. The fourth-order valence-electron chi connectivity index (χ4n) is 3.50. The van der Waals surface area contributed by atoms with E-state index in [1.54, 1.807) is 11.9 Å². The summed E-state index contributed by atoms with van der Waals surface area (Å²) in [7, 11) is -1.81. The van der Waals surface area contributed by atoms with E-state index in [1.807, 2.05) is 0 Å². The van der Waals surface area contributed by atoms with Crippen molar-refractivity contribution in [2.45, 2.75) is 37.5 Å². The average Bonchev–Trinajstić information content (AvgIpc) is 2.56. The van der Waals surface area contributed by atoms with Gasteiger partial charge in [-0.3, -0.25) is 14.3 Å². The SMILES string of the molecule is CN1C(=O)c2cc(NS(C)(=O)=O)ccc2OC[C@@H]2O[C@@H](CC(=O)O)CC[C@H]21. The molecule has 3 atom stereocenters. The number of nitrogens with zero attached hydrogens (tertiary/aromatic N) is 1. The van der Waals surface area contributed by atoms with Crippen molar-refractivity contribution < 1.29 is 32.6 Å². The van der Waals surface area contributed by atoms with Crippen LogP contribution in [0.25, 0.3) is 0 Å². The van der Waals surface area contributed by atoms with Crippen molar-refractivity contribution in [3.8, 4) is 5.75 Å². The summed E-state index contributed by atoms with van der Waals surface area (Å²) in [6, 6.07) is 4.25. The molecular formula is C17H22N2O7S. The quantitative estimate of drug-likeness (QED) is 0.773. The molecule has 1 aromatic carbocycles. The lowest BCUT2D eigenvalue weighted by Crippen LogP contribution is -2.53. The summed E-state index contributed by atoms with van der Waals surface area (Å²) >= 11 is 0. The number of carboxylic acids is 1. The fourth-order valence-corrected chi connectivity index (χ4v) is 4.05. The van der Waals surface area contributed by atoms with Crippen LogP contribution in [0, 0.1) is 0 Å². The van der Waals surface area contributed by atoms with Crippen LogP contribution in [0.1, 0.15) is 29.6 Å². The zero-order valence-electron chi connectivity index (χ0n) is 15.0. The molecule has 0 spiro atoms. The Morgan fingerprint density at radius 2 is 2.11 bits per heavy atom. The largest absolute Gasteiger partial charge is 0.490 e. The lowest BCUT2D eigenvalue weighted by molar-refractivity contribution is -0.148. The van der Waals surface area contributed by atoms with Crippen molar-refractivity contribution in [3.05, 3.63) is 23.8 Å². The van der Waals surface area contributed by atoms with Gasteiger partial charge in [0, 0.05) is 12.7 Å². The molecule has 2 aliphatic rings. The van der Waals surface area contributed by atoms with Crippen LogP contribution in [0.4, 0.5) is 5.69 Å². The van der Waals surface area contributed by atoms with Crippen LogP contribution in [0.3, 0.4) is 0 Å². The number of fused-ring (bicyclic) bond motifs is 2. The zero-order chi connectivity index (χ0) is 19.8. The zero-order valence-corrected chi connectivity index (χ0v) is 15.9. The van der Waals surface area contributed by atoms with E-state index in [0.717, 1.165) is 6.26 Å². The van der Waals surface area contributed by atoms with E-state index >= 15 is 0 Å². The van der Waals surface area contributed by atoms with E-state index in [9.17, 15) is 18.0 Å². The van der Waals surface area contributed by atoms with Crippen LogP contribution < -0.4 is 9.46 Å². The van der Waals surface area contributed by atoms with E-state index < -0.39 is 28.2 Å². The number of rotatable bonds is 4. The standard InChI is InChI=1S/C17H22N2O7S/c1-19-13-5-4-11(8-16(20)21)26-15(13)9-25-14-6-3-10(18-27(2,23)24)7-12(14)17(19)22/h3,6-7,11,13,15,18H,4-5,8-9H2,1-2H3,(H,20,21)/t11-,13-,15+/m1/s1. The van der Waals surface area contributed by atoms with Gasteiger partial charge in [0.2, 0.25) is 10.0 Å². The van der Waals surface area contributed by atoms with Gasteiger partial charge in [-0.05, 0) is 31.0 Å². The van der Waals surface area contributed by atoms with E-state index in [4.69, 9.17) is 14.6 Å². The van der Waals surface area contributed by atoms with E-state index in [1.165, 1.54) is 18.2 Å². The third kappa shape index (κ3) is 4.51. The molecule has 1 fully saturated rings. The van der Waals surface area contributed by atoms with Crippen LogP contribution >= 0.6 is 0 Å². The van der Waals surface area contributed by atoms with Crippen molar-refractivity contribution in [1.29, 1.82) is 0 Å². The summed E-state index contributed by atoms with van der Waals surface area (Å²) in [6.07, 6.45) is 1.25. The van der Waals surface area contributed by atoms with Gasteiger partial charge < -0.3 is 19.5 Å². The first-order chi connectivity index (χ1) is 12.6. The Morgan fingerprint density at radius 1 is 1.37 bits per heavy atom. The maximum atomic E-state index is 12.9. The fraction of sp³-hybridized carbons (Fsp3) is 0.529. The van der Waals surface area contributed by atoms with Gasteiger partial charge in [0.25, 0.3) is 5.91 Å². The van der Waals surface area contributed by atoms with Crippen LogP contribution in [0.15, 0.2) is 18.2 Å². The summed E-state index contributed by atoms with van der Waals surface area (Å²) < 4.78 is 36.8. The normalized spacial score (nSPS) is 25.5. The minimum absolute atomic E-state index is 0.0853. The molecule has 1 saturated heterocycles. The molecule has 2 heterocycles. The summed E-state index contributed by atoms with van der Waals surface area (Å²) in [5, 5.41) is 8.97. The van der Waals surface area contributed by atoms with Crippen molar-refractivity contribution in [3.63, 3.8) is 0 Å². The molecule has 0 saturated carbocycles. The topological polar surface area (TPSA) is 122 Å². The summed E-state index contributed by atoms with van der Waals surface area (Å²) in [5.41, 5.74) is 0.539. The third-order valence-corrected chi connectivity index (χ3v) is 5.32. The Bertz CT molecular complexity index is 855. The minimum atomic E-state index is -3.47. The predicted octanol–water partition coefficient (Wildman–Crippen LogP) is 0.913. The second kappa shape index (κ2) is 7.35. The lowest BCUT2D eigenvalue weighted by Gasteiger charge is -2.42. The van der Waals surface area contributed by atoms with Crippen LogP contribution in [-0.4, -0.2) is 68.5 Å². The molecule has 10 heteroatoms. The molecule has 0 unspecified atom stereocenters. The first kappa shape index (κ1) is 19.4. The number of benzene rings is 1. The number of carbonyl (C=O) groups is 2. The Kier molecular flexibility index (Phi) is 5.29. The van der Waals surface area contributed by atoms with Crippen LogP contribution in [0.2, 0.25) is 0 Å². The van der Waals surface area contributed by atoms with Gasteiger partial charge in [-0.25, -0.2) is 8.42 Å². The number of sulfonamides is 1. The van der Waals surface area contributed by atoms with Gasteiger partial charge in [0.05, 0.1) is 30.4 Å². The molecule has 9 nitrogen and oxygen atoms in total. The number of carboxylic acid groups (broad SMARTS) is 1. The molecule has 1 amide bonds. The number of amides is 1. The summed E-state index contributed by atoms with van der Waals surface area (Å²) in [6.45, 7) is 0.171. The van der Waals surface area contributed by atoms with Crippen LogP contribution in [-0.2, 0) is 19.6 Å². The first-order valence-electron chi connectivity index (χ1n) is 8.53. The Morgan fingerprint density at radius 3 is 2.78 bits per heavy atom. The predicted molar refractivity (Wildman–Crippen MR) is 96.4 cm³/mol. The second-order valence-corrected chi connectivity index (χ2v) is 8.60. The number of ether oxygens (including phenoxy) is 2. The van der Waals surface area contributed by atoms with Gasteiger partial charge in [-0.1, -0.05) is 0 Å². The molecular weight excluding hydrogens is 376 g/mol. The molecule has 148 valence electrons. The number of nitrogens with one attached hydrogen (secondary N) is 1. The number of anilines is 1. The molecule has 0 aliphatic carbocycles. The smallest absolute Gasteiger partial charge is 0.305 e. The maximum absolute atomic E-state index is 12.9. The van der Waals surface area contributed by atoms with Crippen molar-refractivity contribution in [2.24, 2.45) is 0 Å². The number of hydrogen-bond acceptors (Lipinski definition) is 6. The number of hydrogen-bond donors (Lipinski definition) is 2. The second-order valence-electron chi connectivity index (χ2n) is 6.85. The molecule has 3 rings (SSSR count). The van der Waals surface area contributed by atoms with Crippen LogP contribution in [0.5, 0.6) is 5.75 Å². The van der Waals surface area contributed by atoms with Crippen molar-refractivity contribution in [2.75, 3.05) is 24.6 Å². The van der Waals surface area contributed by atoms with Gasteiger partial charge in [-0.15, -0.1) is 0 Å². The molecule has 27 heavy (non-hydrogen) atoms.